The van der Waals surface area contributed by atoms with Crippen molar-refractivity contribution in [1.82, 2.24) is 15.0 Å². The lowest BCUT2D eigenvalue weighted by atomic mass is 10.2. The summed E-state index contributed by atoms with van der Waals surface area (Å²) in [6.07, 6.45) is 0.757. The summed E-state index contributed by atoms with van der Waals surface area (Å²) in [5.74, 6) is 1.34. The summed E-state index contributed by atoms with van der Waals surface area (Å²) >= 11 is 0. The number of hydrogen-bond donors (Lipinski definition) is 2. The van der Waals surface area contributed by atoms with E-state index in [9.17, 15) is 4.79 Å². The van der Waals surface area contributed by atoms with Crippen molar-refractivity contribution in [2.24, 2.45) is 5.73 Å². The van der Waals surface area contributed by atoms with Crippen molar-refractivity contribution in [2.75, 3.05) is 6.54 Å². The van der Waals surface area contributed by atoms with Gasteiger partial charge in [0.15, 0.2) is 5.82 Å². The zero-order chi connectivity index (χ0) is 15.6. The zero-order valence-corrected chi connectivity index (χ0v) is 14.2. The summed E-state index contributed by atoms with van der Waals surface area (Å²) in [7, 11) is 0. The molecular formula is C15H23ClN4O2. The fourth-order valence-electron chi connectivity index (χ4n) is 2.31. The largest absolute Gasteiger partial charge is 0.360 e. The Morgan fingerprint density at radius 1 is 1.41 bits per heavy atom. The minimum atomic E-state index is -0.0878. The third kappa shape index (κ3) is 3.90. The van der Waals surface area contributed by atoms with Crippen LogP contribution in [0.25, 0.3) is 5.82 Å². The Hall–Kier alpha value is -1.79. The first-order chi connectivity index (χ1) is 9.90. The van der Waals surface area contributed by atoms with Crippen LogP contribution in [0, 0.1) is 20.8 Å². The predicted octanol–water partition coefficient (Wildman–Crippen LogP) is 2.28. The van der Waals surface area contributed by atoms with E-state index in [0.717, 1.165) is 23.6 Å². The Kier molecular flexibility index (Phi) is 6.20. The molecule has 0 aliphatic heterocycles. The molecule has 2 rings (SSSR count). The van der Waals surface area contributed by atoms with Gasteiger partial charge in [-0.15, -0.1) is 12.4 Å². The second kappa shape index (κ2) is 7.47. The molecule has 0 aliphatic carbocycles. The number of aromatic nitrogens is 2. The van der Waals surface area contributed by atoms with Crippen LogP contribution in [0.15, 0.2) is 16.7 Å². The molecule has 7 heteroatoms. The second-order valence-corrected chi connectivity index (χ2v) is 5.44. The number of nitrogens with one attached hydrogen (secondary N) is 1. The lowest BCUT2D eigenvalue weighted by Gasteiger charge is -2.08. The Morgan fingerprint density at radius 3 is 2.64 bits per heavy atom. The highest BCUT2D eigenvalue weighted by Gasteiger charge is 2.18. The van der Waals surface area contributed by atoms with E-state index in [-0.39, 0.29) is 24.4 Å². The smallest absolute Gasteiger partial charge is 0.253 e. The van der Waals surface area contributed by atoms with Gasteiger partial charge in [0.25, 0.3) is 5.91 Å². The predicted molar refractivity (Wildman–Crippen MR) is 87.9 cm³/mol. The van der Waals surface area contributed by atoms with Crippen LogP contribution < -0.4 is 11.1 Å². The standard InChI is InChI=1S/C15H22N4O2.ClH/c1-9(16)5-6-17-15(20)13-7-10(2)19(12(13)4)14-8-11(3)21-18-14;/h7-9H,5-6,16H2,1-4H3,(H,17,20);1H. The normalized spacial score (nSPS) is 11.9. The Bertz CT molecular complexity index is 646. The lowest BCUT2D eigenvalue weighted by Crippen LogP contribution is -2.29. The summed E-state index contributed by atoms with van der Waals surface area (Å²) in [4.78, 5) is 12.2. The van der Waals surface area contributed by atoms with Gasteiger partial charge in [-0.05, 0) is 40.2 Å². The fraction of sp³-hybridized carbons (Fsp3) is 0.467. The molecule has 0 aromatic carbocycles. The lowest BCUT2D eigenvalue weighted by molar-refractivity contribution is 0.0952. The molecule has 1 unspecified atom stereocenters. The molecule has 0 aliphatic rings. The molecule has 0 bridgehead atoms. The first-order valence-corrected chi connectivity index (χ1v) is 7.06. The molecule has 3 N–H and O–H groups in total. The van der Waals surface area contributed by atoms with Crippen LogP contribution >= 0.6 is 12.4 Å². The van der Waals surface area contributed by atoms with Gasteiger partial charge in [0, 0.05) is 30.0 Å². The molecule has 22 heavy (non-hydrogen) atoms. The van der Waals surface area contributed by atoms with Gasteiger partial charge in [0.05, 0.1) is 5.56 Å². The minimum Gasteiger partial charge on any atom is -0.360 e. The maximum atomic E-state index is 12.2. The molecule has 2 aromatic heterocycles. The van der Waals surface area contributed by atoms with Crippen molar-refractivity contribution < 1.29 is 9.32 Å². The highest BCUT2D eigenvalue weighted by molar-refractivity contribution is 5.95. The molecule has 2 aromatic rings. The Balaban J connectivity index is 0.00000242. The molecule has 0 spiro atoms. The van der Waals surface area contributed by atoms with Crippen molar-refractivity contribution in [3.8, 4) is 5.82 Å². The second-order valence-electron chi connectivity index (χ2n) is 5.44. The maximum absolute atomic E-state index is 12.2. The SMILES string of the molecule is Cc1cc(-n2c(C)cc(C(=O)NCCC(C)N)c2C)no1.Cl. The Morgan fingerprint density at radius 2 is 2.09 bits per heavy atom. The number of hydrogen-bond acceptors (Lipinski definition) is 4. The number of nitrogens with zero attached hydrogens (tertiary/aromatic N) is 2. The number of carbonyl (C=O) groups is 1. The van der Waals surface area contributed by atoms with E-state index in [2.05, 4.69) is 10.5 Å². The van der Waals surface area contributed by atoms with Crippen molar-refractivity contribution in [1.29, 1.82) is 0 Å². The van der Waals surface area contributed by atoms with Gasteiger partial charge in [-0.25, -0.2) is 0 Å². The minimum absolute atomic E-state index is 0. The van der Waals surface area contributed by atoms with Gasteiger partial charge >= 0.3 is 0 Å². The highest BCUT2D eigenvalue weighted by Crippen LogP contribution is 2.20. The number of carbonyl (C=O) groups excluding carboxylic acids is 1. The molecule has 0 fully saturated rings. The average molecular weight is 327 g/mol. The monoisotopic (exact) mass is 326 g/mol. The number of amides is 1. The fourth-order valence-corrected chi connectivity index (χ4v) is 2.31. The quantitative estimate of drug-likeness (QED) is 0.882. The third-order valence-corrected chi connectivity index (χ3v) is 3.41. The first-order valence-electron chi connectivity index (χ1n) is 7.06. The highest BCUT2D eigenvalue weighted by atomic mass is 35.5. The van der Waals surface area contributed by atoms with E-state index < -0.39 is 0 Å². The summed E-state index contributed by atoms with van der Waals surface area (Å²) in [5, 5.41) is 6.90. The van der Waals surface area contributed by atoms with Gasteiger partial charge < -0.3 is 15.6 Å². The van der Waals surface area contributed by atoms with Crippen LogP contribution in [0.4, 0.5) is 0 Å². The molecule has 2 heterocycles. The maximum Gasteiger partial charge on any atom is 0.253 e. The molecule has 0 saturated heterocycles. The van der Waals surface area contributed by atoms with Crippen molar-refractivity contribution in [3.63, 3.8) is 0 Å². The van der Waals surface area contributed by atoms with Crippen molar-refractivity contribution >= 4 is 18.3 Å². The Labute approximate surface area is 136 Å². The van der Waals surface area contributed by atoms with Crippen LogP contribution in [0.1, 0.15) is 40.9 Å². The van der Waals surface area contributed by atoms with E-state index in [0.29, 0.717) is 17.9 Å². The third-order valence-electron chi connectivity index (χ3n) is 3.41. The van der Waals surface area contributed by atoms with Gasteiger partial charge in [0.2, 0.25) is 0 Å². The van der Waals surface area contributed by atoms with Crippen LogP contribution in [-0.2, 0) is 0 Å². The van der Waals surface area contributed by atoms with Gasteiger partial charge in [-0.2, -0.15) is 0 Å². The first kappa shape index (κ1) is 18.3. The van der Waals surface area contributed by atoms with E-state index in [1.54, 1.807) is 0 Å². The average Bonchev–Trinajstić information content (AvgIpc) is 2.93. The molecule has 0 radical (unpaired) electrons. The number of nitrogens with two attached hydrogens (primary N) is 1. The van der Waals surface area contributed by atoms with Gasteiger partial charge in [0.1, 0.15) is 5.76 Å². The summed E-state index contributed by atoms with van der Waals surface area (Å²) in [5.41, 5.74) is 8.12. The van der Waals surface area contributed by atoms with Crippen LogP contribution in [-0.4, -0.2) is 28.2 Å². The number of halogens is 1. The zero-order valence-electron chi connectivity index (χ0n) is 13.3. The van der Waals surface area contributed by atoms with E-state index in [1.807, 2.05) is 44.4 Å². The number of rotatable bonds is 5. The summed E-state index contributed by atoms with van der Waals surface area (Å²) in [6.45, 7) is 8.17. The molecule has 1 atom stereocenters. The topological polar surface area (TPSA) is 86.1 Å². The van der Waals surface area contributed by atoms with Crippen LogP contribution in [0.2, 0.25) is 0 Å². The summed E-state index contributed by atoms with van der Waals surface area (Å²) in [6, 6.07) is 3.79. The van der Waals surface area contributed by atoms with Gasteiger partial charge in [-0.1, -0.05) is 5.16 Å². The van der Waals surface area contributed by atoms with E-state index in [1.165, 1.54) is 0 Å². The molecule has 6 nitrogen and oxygen atoms in total. The van der Waals surface area contributed by atoms with Crippen LogP contribution in [0.5, 0.6) is 0 Å². The molecule has 122 valence electrons. The van der Waals surface area contributed by atoms with Crippen molar-refractivity contribution in [2.45, 2.75) is 40.2 Å². The van der Waals surface area contributed by atoms with E-state index >= 15 is 0 Å². The van der Waals surface area contributed by atoms with Crippen LogP contribution in [0.3, 0.4) is 0 Å². The van der Waals surface area contributed by atoms with Gasteiger partial charge in [-0.3, -0.25) is 9.36 Å². The van der Waals surface area contributed by atoms with Crippen molar-refractivity contribution in [3.05, 3.63) is 34.8 Å². The molecule has 0 saturated carbocycles. The summed E-state index contributed by atoms with van der Waals surface area (Å²) < 4.78 is 7.02. The molecule has 1 amide bonds. The molecular weight excluding hydrogens is 304 g/mol. The van der Waals surface area contributed by atoms with E-state index in [4.69, 9.17) is 10.3 Å². The number of aryl methyl sites for hydroxylation is 2.